The number of aromatic amines is 1. The van der Waals surface area contributed by atoms with E-state index in [1.165, 1.54) is 31.4 Å². The summed E-state index contributed by atoms with van der Waals surface area (Å²) < 4.78 is 13.5. The van der Waals surface area contributed by atoms with Crippen molar-refractivity contribution in [3.8, 4) is 11.1 Å². The number of rotatable bonds is 3. The van der Waals surface area contributed by atoms with Crippen molar-refractivity contribution in [2.45, 2.75) is 38.1 Å². The summed E-state index contributed by atoms with van der Waals surface area (Å²) in [5.41, 5.74) is 2.79. The first-order chi connectivity index (χ1) is 12.2. The molecule has 0 bridgehead atoms. The van der Waals surface area contributed by atoms with E-state index in [-0.39, 0.29) is 17.8 Å². The molecule has 5 heteroatoms. The molecule has 4 rings (SSSR count). The van der Waals surface area contributed by atoms with Gasteiger partial charge in [-0.1, -0.05) is 31.4 Å². The van der Waals surface area contributed by atoms with Gasteiger partial charge < -0.3 is 10.3 Å². The molecule has 0 atom stereocenters. The van der Waals surface area contributed by atoms with Gasteiger partial charge >= 0.3 is 0 Å². The molecular formula is C20H20FN3O. The molecule has 1 aliphatic rings. The third-order valence-corrected chi connectivity index (χ3v) is 4.87. The maximum Gasteiger partial charge on any atom is 0.253 e. The van der Waals surface area contributed by atoms with Crippen molar-refractivity contribution in [2.75, 3.05) is 0 Å². The van der Waals surface area contributed by atoms with Crippen LogP contribution in [0.5, 0.6) is 0 Å². The Hall–Kier alpha value is -2.69. The fourth-order valence-corrected chi connectivity index (χ4v) is 3.53. The number of halogens is 1. The summed E-state index contributed by atoms with van der Waals surface area (Å²) in [6, 6.07) is 8.53. The molecule has 0 aliphatic heterocycles. The van der Waals surface area contributed by atoms with Crippen LogP contribution >= 0.6 is 0 Å². The Morgan fingerprint density at radius 2 is 2.00 bits per heavy atom. The van der Waals surface area contributed by atoms with Gasteiger partial charge in [0, 0.05) is 29.4 Å². The SMILES string of the molecule is O=C(NC1CCCCC1)c1c[nH]c2ncc(-c3cccc(F)c3)cc12. The van der Waals surface area contributed by atoms with Crippen molar-refractivity contribution in [1.29, 1.82) is 0 Å². The quantitative estimate of drug-likeness (QED) is 0.743. The van der Waals surface area contributed by atoms with Crippen LogP contribution in [0.15, 0.2) is 42.7 Å². The highest BCUT2D eigenvalue weighted by Gasteiger charge is 2.19. The Morgan fingerprint density at radius 3 is 2.80 bits per heavy atom. The van der Waals surface area contributed by atoms with Crippen LogP contribution < -0.4 is 5.32 Å². The molecule has 2 aromatic heterocycles. The second-order valence-corrected chi connectivity index (χ2v) is 6.64. The van der Waals surface area contributed by atoms with E-state index in [2.05, 4.69) is 15.3 Å². The van der Waals surface area contributed by atoms with Crippen molar-refractivity contribution in [3.05, 3.63) is 54.1 Å². The largest absolute Gasteiger partial charge is 0.349 e. The Morgan fingerprint density at radius 1 is 1.16 bits per heavy atom. The topological polar surface area (TPSA) is 57.8 Å². The lowest BCUT2D eigenvalue weighted by atomic mass is 9.95. The van der Waals surface area contributed by atoms with Gasteiger partial charge in [-0.05, 0) is 36.6 Å². The van der Waals surface area contributed by atoms with Crippen LogP contribution in [0.3, 0.4) is 0 Å². The molecule has 0 saturated heterocycles. The number of hydrogen-bond acceptors (Lipinski definition) is 2. The lowest BCUT2D eigenvalue weighted by Crippen LogP contribution is -2.36. The van der Waals surface area contributed by atoms with Gasteiger partial charge in [-0.2, -0.15) is 0 Å². The standard InChI is InChI=1S/C20H20FN3O/c21-15-6-4-5-13(9-15)14-10-17-18(12-23-19(17)22-11-14)20(25)24-16-7-2-1-3-8-16/h4-6,9-12,16H,1-3,7-8H2,(H,22,23)(H,24,25). The number of carbonyl (C=O) groups excluding carboxylic acids is 1. The highest BCUT2D eigenvalue weighted by molar-refractivity contribution is 6.06. The second-order valence-electron chi connectivity index (χ2n) is 6.64. The summed E-state index contributed by atoms with van der Waals surface area (Å²) in [6.07, 6.45) is 9.07. The number of hydrogen-bond donors (Lipinski definition) is 2. The van der Waals surface area contributed by atoms with Crippen LogP contribution in [0.2, 0.25) is 0 Å². The molecule has 0 radical (unpaired) electrons. The number of nitrogens with one attached hydrogen (secondary N) is 2. The summed E-state index contributed by atoms with van der Waals surface area (Å²) in [5.74, 6) is -0.363. The molecule has 0 unspecified atom stereocenters. The van der Waals surface area contributed by atoms with Crippen molar-refractivity contribution < 1.29 is 9.18 Å². The van der Waals surface area contributed by atoms with Gasteiger partial charge in [0.25, 0.3) is 5.91 Å². The van der Waals surface area contributed by atoms with Gasteiger partial charge in [0.15, 0.2) is 0 Å². The highest BCUT2D eigenvalue weighted by atomic mass is 19.1. The molecule has 0 spiro atoms. The number of H-pyrrole nitrogens is 1. The van der Waals surface area contributed by atoms with E-state index in [9.17, 15) is 9.18 Å². The first-order valence-electron chi connectivity index (χ1n) is 8.74. The van der Waals surface area contributed by atoms with Crippen molar-refractivity contribution in [3.63, 3.8) is 0 Å². The van der Waals surface area contributed by atoms with Gasteiger partial charge in [-0.25, -0.2) is 9.37 Å². The fourth-order valence-electron chi connectivity index (χ4n) is 3.53. The fraction of sp³-hybridized carbons (Fsp3) is 0.300. The lowest BCUT2D eigenvalue weighted by molar-refractivity contribution is 0.0929. The summed E-state index contributed by atoms with van der Waals surface area (Å²) in [5, 5.41) is 3.89. The first-order valence-corrected chi connectivity index (χ1v) is 8.74. The van der Waals surface area contributed by atoms with Gasteiger partial charge in [-0.15, -0.1) is 0 Å². The van der Waals surface area contributed by atoms with Gasteiger partial charge in [-0.3, -0.25) is 4.79 Å². The third kappa shape index (κ3) is 3.27. The molecule has 1 fully saturated rings. The number of pyridine rings is 1. The third-order valence-electron chi connectivity index (χ3n) is 4.87. The second kappa shape index (κ2) is 6.67. The summed E-state index contributed by atoms with van der Waals surface area (Å²) in [6.45, 7) is 0. The first kappa shape index (κ1) is 15.8. The Balaban J connectivity index is 1.65. The summed E-state index contributed by atoms with van der Waals surface area (Å²) in [4.78, 5) is 20.1. The molecule has 2 heterocycles. The number of aromatic nitrogens is 2. The van der Waals surface area contributed by atoms with Gasteiger partial charge in [0.1, 0.15) is 11.5 Å². The van der Waals surface area contributed by atoms with E-state index in [1.54, 1.807) is 18.5 Å². The van der Waals surface area contributed by atoms with Crippen molar-refractivity contribution in [2.24, 2.45) is 0 Å². The van der Waals surface area contributed by atoms with E-state index in [4.69, 9.17) is 0 Å². The molecule has 128 valence electrons. The van der Waals surface area contributed by atoms with Crippen LogP contribution in [0.25, 0.3) is 22.2 Å². The Labute approximate surface area is 145 Å². The number of fused-ring (bicyclic) bond motifs is 1. The van der Waals surface area contributed by atoms with Crippen LogP contribution in [0, 0.1) is 5.82 Å². The number of carbonyl (C=O) groups is 1. The van der Waals surface area contributed by atoms with E-state index in [0.29, 0.717) is 11.2 Å². The summed E-state index contributed by atoms with van der Waals surface area (Å²) >= 11 is 0. The molecule has 3 aromatic rings. The van der Waals surface area contributed by atoms with Crippen LogP contribution in [0.1, 0.15) is 42.5 Å². The lowest BCUT2D eigenvalue weighted by Gasteiger charge is -2.22. The van der Waals surface area contributed by atoms with Crippen LogP contribution in [-0.4, -0.2) is 21.9 Å². The predicted molar refractivity (Wildman–Crippen MR) is 95.8 cm³/mol. The molecule has 1 aromatic carbocycles. The minimum absolute atomic E-state index is 0.0728. The zero-order chi connectivity index (χ0) is 17.2. The minimum Gasteiger partial charge on any atom is -0.349 e. The van der Waals surface area contributed by atoms with E-state index in [1.807, 2.05) is 12.1 Å². The van der Waals surface area contributed by atoms with Gasteiger partial charge in [0.05, 0.1) is 5.56 Å². The maximum absolute atomic E-state index is 13.5. The summed E-state index contributed by atoms with van der Waals surface area (Å²) in [7, 11) is 0. The molecule has 1 aliphatic carbocycles. The zero-order valence-corrected chi connectivity index (χ0v) is 13.9. The average Bonchev–Trinajstić information content (AvgIpc) is 3.06. The molecule has 25 heavy (non-hydrogen) atoms. The average molecular weight is 337 g/mol. The Bertz CT molecular complexity index is 912. The smallest absolute Gasteiger partial charge is 0.253 e. The maximum atomic E-state index is 13.5. The van der Waals surface area contributed by atoms with Crippen LogP contribution in [-0.2, 0) is 0 Å². The molecule has 4 nitrogen and oxygen atoms in total. The van der Waals surface area contributed by atoms with Gasteiger partial charge in [0.2, 0.25) is 0 Å². The zero-order valence-electron chi connectivity index (χ0n) is 13.9. The predicted octanol–water partition coefficient (Wildman–Crippen LogP) is 4.43. The number of amides is 1. The van der Waals surface area contributed by atoms with Crippen molar-refractivity contribution in [1.82, 2.24) is 15.3 Å². The van der Waals surface area contributed by atoms with E-state index >= 15 is 0 Å². The minimum atomic E-state index is -0.290. The normalized spacial score (nSPS) is 15.4. The molecular weight excluding hydrogens is 317 g/mol. The monoisotopic (exact) mass is 337 g/mol. The van der Waals surface area contributed by atoms with Crippen LogP contribution in [0.4, 0.5) is 4.39 Å². The molecule has 2 N–H and O–H groups in total. The van der Waals surface area contributed by atoms with E-state index < -0.39 is 0 Å². The highest BCUT2D eigenvalue weighted by Crippen LogP contribution is 2.26. The van der Waals surface area contributed by atoms with Crippen molar-refractivity contribution >= 4 is 16.9 Å². The molecule has 1 saturated carbocycles. The van der Waals surface area contributed by atoms with E-state index in [0.717, 1.165) is 29.4 Å². The Kier molecular flexibility index (Phi) is 4.22. The molecule has 1 amide bonds. The number of nitrogens with zero attached hydrogens (tertiary/aromatic N) is 1. The number of benzene rings is 1.